The van der Waals surface area contributed by atoms with Gasteiger partial charge >= 0.3 is 0 Å². The van der Waals surface area contributed by atoms with Crippen molar-refractivity contribution in [2.24, 2.45) is 0 Å². The molecule has 164 valence electrons. The van der Waals surface area contributed by atoms with Crippen molar-refractivity contribution in [3.05, 3.63) is 81.5 Å². The number of carbonyl (C=O) groups is 1. The summed E-state index contributed by atoms with van der Waals surface area (Å²) < 4.78 is 13.1. The van der Waals surface area contributed by atoms with Crippen molar-refractivity contribution in [2.75, 3.05) is 0 Å². The van der Waals surface area contributed by atoms with E-state index < -0.39 is 6.29 Å². The summed E-state index contributed by atoms with van der Waals surface area (Å²) in [6, 6.07) is 16.0. The zero-order valence-electron chi connectivity index (χ0n) is 17.4. The lowest BCUT2D eigenvalue weighted by Crippen LogP contribution is -2.37. The molecule has 1 amide bonds. The smallest absolute Gasteiger partial charge is 0.286 e. The predicted molar refractivity (Wildman–Crippen MR) is 122 cm³/mol. The average Bonchev–Trinajstić information content (AvgIpc) is 3.31. The SMILES string of the molecule is O=C(NC1CCCC1)C1=C[C@H](c2ccc(Br)cc2)C[C@H](OCc2ccc(CO)cc2)O1. The zero-order chi connectivity index (χ0) is 21.6. The minimum atomic E-state index is -0.513. The summed E-state index contributed by atoms with van der Waals surface area (Å²) in [5.74, 6) is 0.217. The van der Waals surface area contributed by atoms with Gasteiger partial charge in [-0.25, -0.2) is 0 Å². The van der Waals surface area contributed by atoms with Crippen LogP contribution in [0, 0.1) is 0 Å². The van der Waals surface area contributed by atoms with Crippen molar-refractivity contribution in [1.29, 1.82) is 0 Å². The molecule has 1 heterocycles. The van der Waals surface area contributed by atoms with Gasteiger partial charge in [0.25, 0.3) is 5.91 Å². The highest BCUT2D eigenvalue weighted by Gasteiger charge is 2.30. The van der Waals surface area contributed by atoms with Gasteiger partial charge < -0.3 is 19.9 Å². The van der Waals surface area contributed by atoms with Crippen LogP contribution in [0.2, 0.25) is 0 Å². The number of hydrogen-bond acceptors (Lipinski definition) is 4. The van der Waals surface area contributed by atoms with Crippen LogP contribution in [0.25, 0.3) is 0 Å². The number of halogens is 1. The number of hydrogen-bond donors (Lipinski definition) is 2. The first-order valence-electron chi connectivity index (χ1n) is 10.9. The Labute approximate surface area is 191 Å². The van der Waals surface area contributed by atoms with Gasteiger partial charge in [0.2, 0.25) is 6.29 Å². The minimum absolute atomic E-state index is 0.0198. The van der Waals surface area contributed by atoms with E-state index in [0.29, 0.717) is 18.8 Å². The van der Waals surface area contributed by atoms with E-state index in [-0.39, 0.29) is 24.5 Å². The quantitative estimate of drug-likeness (QED) is 0.583. The number of amides is 1. The van der Waals surface area contributed by atoms with Crippen molar-refractivity contribution in [3.63, 3.8) is 0 Å². The largest absolute Gasteiger partial charge is 0.459 e. The van der Waals surface area contributed by atoms with Crippen LogP contribution in [0.4, 0.5) is 0 Å². The highest BCUT2D eigenvalue weighted by Crippen LogP contribution is 2.33. The van der Waals surface area contributed by atoms with Crippen molar-refractivity contribution < 1.29 is 19.4 Å². The van der Waals surface area contributed by atoms with Crippen LogP contribution in [0.1, 0.15) is 54.7 Å². The molecule has 0 saturated heterocycles. The molecule has 4 rings (SSSR count). The summed E-state index contributed by atoms with van der Waals surface area (Å²) in [6.07, 6.45) is 6.42. The Morgan fingerprint density at radius 2 is 1.74 bits per heavy atom. The second-order valence-corrected chi connectivity index (χ2v) is 9.13. The van der Waals surface area contributed by atoms with E-state index in [0.717, 1.165) is 46.8 Å². The van der Waals surface area contributed by atoms with E-state index >= 15 is 0 Å². The Morgan fingerprint density at radius 3 is 2.42 bits per heavy atom. The highest BCUT2D eigenvalue weighted by atomic mass is 79.9. The van der Waals surface area contributed by atoms with E-state index in [1.165, 1.54) is 0 Å². The normalized spacial score (nSPS) is 21.4. The molecule has 1 saturated carbocycles. The monoisotopic (exact) mass is 485 g/mol. The minimum Gasteiger partial charge on any atom is -0.459 e. The fourth-order valence-electron chi connectivity index (χ4n) is 4.12. The molecular weight excluding hydrogens is 458 g/mol. The Hall–Kier alpha value is -2.15. The molecule has 2 atom stereocenters. The summed E-state index contributed by atoms with van der Waals surface area (Å²) in [5.41, 5.74) is 2.98. The molecule has 0 aromatic heterocycles. The summed E-state index contributed by atoms with van der Waals surface area (Å²) in [5, 5.41) is 12.3. The van der Waals surface area contributed by atoms with Crippen LogP contribution >= 0.6 is 15.9 Å². The van der Waals surface area contributed by atoms with Crippen molar-refractivity contribution >= 4 is 21.8 Å². The standard InChI is InChI=1S/C25H28BrNO4/c26-21-11-9-19(10-12-21)20-13-23(25(29)27-22-3-1-2-4-22)31-24(14-20)30-16-18-7-5-17(15-28)6-8-18/h5-13,20,22,24,28H,1-4,14-16H2,(H,27,29)/t20-,24+/m0/s1. The molecule has 2 aromatic rings. The Kier molecular flexibility index (Phi) is 7.43. The zero-order valence-corrected chi connectivity index (χ0v) is 19.0. The van der Waals surface area contributed by atoms with Gasteiger partial charge in [-0.15, -0.1) is 0 Å². The fraction of sp³-hybridized carbons (Fsp3) is 0.400. The van der Waals surface area contributed by atoms with Crippen LogP contribution in [-0.4, -0.2) is 23.3 Å². The van der Waals surface area contributed by atoms with Gasteiger partial charge in [-0.2, -0.15) is 0 Å². The lowest BCUT2D eigenvalue weighted by atomic mass is 9.93. The molecule has 2 aliphatic rings. The maximum Gasteiger partial charge on any atom is 0.286 e. The van der Waals surface area contributed by atoms with Crippen LogP contribution in [0.5, 0.6) is 0 Å². The molecule has 0 unspecified atom stereocenters. The maximum absolute atomic E-state index is 12.9. The highest BCUT2D eigenvalue weighted by molar-refractivity contribution is 9.10. The predicted octanol–water partition coefficient (Wildman–Crippen LogP) is 4.93. The first-order valence-corrected chi connectivity index (χ1v) is 11.6. The number of aliphatic hydroxyl groups is 1. The van der Waals surface area contributed by atoms with Crippen LogP contribution in [0.15, 0.2) is 64.8 Å². The molecule has 0 spiro atoms. The molecule has 1 aliphatic heterocycles. The lowest BCUT2D eigenvalue weighted by molar-refractivity contribution is -0.150. The Morgan fingerprint density at radius 1 is 1.06 bits per heavy atom. The first-order chi connectivity index (χ1) is 15.1. The molecule has 1 fully saturated rings. The maximum atomic E-state index is 12.9. The lowest BCUT2D eigenvalue weighted by Gasteiger charge is -2.30. The second-order valence-electron chi connectivity index (χ2n) is 8.21. The summed E-state index contributed by atoms with van der Waals surface area (Å²) >= 11 is 3.48. The van der Waals surface area contributed by atoms with Gasteiger partial charge in [-0.1, -0.05) is 65.2 Å². The van der Waals surface area contributed by atoms with E-state index in [4.69, 9.17) is 9.47 Å². The number of ether oxygens (including phenoxy) is 2. The van der Waals surface area contributed by atoms with Gasteiger partial charge in [0.05, 0.1) is 13.2 Å². The third-order valence-corrected chi connectivity index (χ3v) is 6.44. The van der Waals surface area contributed by atoms with Gasteiger partial charge in [0.15, 0.2) is 5.76 Å². The van der Waals surface area contributed by atoms with E-state index in [2.05, 4.69) is 33.4 Å². The number of carbonyl (C=O) groups excluding carboxylic acids is 1. The number of benzene rings is 2. The molecule has 2 N–H and O–H groups in total. The van der Waals surface area contributed by atoms with E-state index in [9.17, 15) is 9.90 Å². The third kappa shape index (κ3) is 5.97. The van der Waals surface area contributed by atoms with Crippen molar-refractivity contribution in [3.8, 4) is 0 Å². The van der Waals surface area contributed by atoms with E-state index in [1.807, 2.05) is 42.5 Å². The summed E-state index contributed by atoms with van der Waals surface area (Å²) in [6.45, 7) is 0.396. The molecular formula is C25H28BrNO4. The van der Waals surface area contributed by atoms with Gasteiger partial charge in [-0.05, 0) is 47.7 Å². The molecule has 1 aliphatic carbocycles. The van der Waals surface area contributed by atoms with Crippen molar-refractivity contribution in [1.82, 2.24) is 5.32 Å². The van der Waals surface area contributed by atoms with Crippen LogP contribution in [0.3, 0.4) is 0 Å². The molecule has 31 heavy (non-hydrogen) atoms. The summed E-state index contributed by atoms with van der Waals surface area (Å²) in [7, 11) is 0. The molecule has 6 heteroatoms. The molecule has 0 radical (unpaired) electrons. The molecule has 2 aromatic carbocycles. The topological polar surface area (TPSA) is 67.8 Å². The number of nitrogens with one attached hydrogen (secondary N) is 1. The Bertz CT molecular complexity index is 904. The van der Waals surface area contributed by atoms with Gasteiger partial charge in [-0.3, -0.25) is 4.79 Å². The van der Waals surface area contributed by atoms with Crippen LogP contribution < -0.4 is 5.32 Å². The first kappa shape index (κ1) is 22.1. The second kappa shape index (κ2) is 10.4. The Balaban J connectivity index is 1.47. The van der Waals surface area contributed by atoms with Gasteiger partial charge in [0.1, 0.15) is 0 Å². The third-order valence-electron chi connectivity index (χ3n) is 5.91. The summed E-state index contributed by atoms with van der Waals surface area (Å²) in [4.78, 5) is 12.9. The molecule has 0 bridgehead atoms. The number of allylic oxidation sites excluding steroid dienone is 1. The van der Waals surface area contributed by atoms with Crippen molar-refractivity contribution in [2.45, 2.75) is 63.6 Å². The van der Waals surface area contributed by atoms with E-state index in [1.54, 1.807) is 0 Å². The van der Waals surface area contributed by atoms with Gasteiger partial charge in [0, 0.05) is 22.9 Å². The fourth-order valence-corrected chi connectivity index (χ4v) is 4.38. The molecule has 5 nitrogen and oxygen atoms in total. The average molecular weight is 486 g/mol. The number of rotatable bonds is 7. The number of aliphatic hydroxyl groups excluding tert-OH is 1. The van der Waals surface area contributed by atoms with Crippen LogP contribution in [-0.2, 0) is 27.5 Å².